The van der Waals surface area contributed by atoms with Crippen LogP contribution in [0.3, 0.4) is 0 Å². The van der Waals surface area contributed by atoms with E-state index in [0.717, 1.165) is 16.4 Å². The number of benzene rings is 3. The quantitative estimate of drug-likeness (QED) is 0.591. The van der Waals surface area contributed by atoms with Crippen molar-refractivity contribution in [1.29, 1.82) is 0 Å². The highest BCUT2D eigenvalue weighted by atomic mass is 32.2. The first-order valence-corrected chi connectivity index (χ1v) is 9.25. The number of carbonyl (C=O) groups is 1. The molecule has 0 radical (unpaired) electrons. The summed E-state index contributed by atoms with van der Waals surface area (Å²) in [5.74, 6) is -2.39. The summed E-state index contributed by atoms with van der Waals surface area (Å²) in [6, 6.07) is 14.1. The van der Waals surface area contributed by atoms with Gasteiger partial charge in [-0.3, -0.25) is 8.51 Å². The van der Waals surface area contributed by atoms with Crippen LogP contribution < -0.4 is 9.04 Å². The summed E-state index contributed by atoms with van der Waals surface area (Å²) in [5.41, 5.74) is 0.956. The van der Waals surface area contributed by atoms with Crippen LogP contribution in [-0.2, 0) is 11.3 Å². The van der Waals surface area contributed by atoms with Crippen LogP contribution >= 0.6 is 0 Å². The molecule has 9 heteroatoms. The van der Waals surface area contributed by atoms with Crippen LogP contribution in [0.25, 0.3) is 11.1 Å². The molecule has 1 atom stereocenters. The average molecular weight is 416 g/mol. The Morgan fingerprint density at radius 3 is 2.34 bits per heavy atom. The van der Waals surface area contributed by atoms with Gasteiger partial charge in [0.15, 0.2) is 11.6 Å². The Hall–Kier alpha value is -3.43. The molecule has 7 nitrogen and oxygen atoms in total. The zero-order chi connectivity index (χ0) is 21.1. The second-order valence-corrected chi connectivity index (χ2v) is 6.72. The van der Waals surface area contributed by atoms with Gasteiger partial charge >= 0.3 is 5.97 Å². The van der Waals surface area contributed by atoms with Gasteiger partial charge in [-0.05, 0) is 47.5 Å². The molecule has 0 spiro atoms. The van der Waals surface area contributed by atoms with Gasteiger partial charge in [-0.25, -0.2) is 9.18 Å². The highest BCUT2D eigenvalue weighted by molar-refractivity contribution is 7.81. The van der Waals surface area contributed by atoms with Gasteiger partial charge in [-0.15, -0.1) is 0 Å². The van der Waals surface area contributed by atoms with Gasteiger partial charge in [-0.2, -0.15) is 0 Å². The van der Waals surface area contributed by atoms with Crippen molar-refractivity contribution in [2.45, 2.75) is 0 Å². The minimum Gasteiger partial charge on any atom is -0.755 e. The lowest BCUT2D eigenvalue weighted by molar-refractivity contribution is 0.0693. The lowest BCUT2D eigenvalue weighted by Gasteiger charge is -2.27. The number of carboxylic acid groups (broad SMARTS) is 1. The second-order valence-electron chi connectivity index (χ2n) is 5.92. The van der Waals surface area contributed by atoms with E-state index in [9.17, 15) is 23.1 Å². The van der Waals surface area contributed by atoms with E-state index in [1.807, 2.05) is 0 Å². The standard InChI is InChI=1S/C20H16FNO6S/c1-28-19-8-5-13(10-17(19)21)12-3-2-4-14(9-12)22(29(26)27)15-6-7-16(20(24)25)18(23)11-15/h2-11,23H,1H3,(H,24,25)(H,26,27)/p-1. The van der Waals surface area contributed by atoms with Crippen molar-refractivity contribution in [3.05, 3.63) is 72.0 Å². The van der Waals surface area contributed by atoms with Crippen LogP contribution in [0.2, 0.25) is 0 Å². The average Bonchev–Trinajstić information content (AvgIpc) is 2.68. The van der Waals surface area contributed by atoms with E-state index < -0.39 is 28.8 Å². The first kappa shape index (κ1) is 20.3. The molecule has 0 aliphatic heterocycles. The van der Waals surface area contributed by atoms with Crippen LogP contribution in [0.15, 0.2) is 60.7 Å². The number of rotatable bonds is 6. The number of halogens is 1. The Kier molecular flexibility index (Phi) is 5.81. The fraction of sp³-hybridized carbons (Fsp3) is 0.0500. The van der Waals surface area contributed by atoms with Crippen LogP contribution in [0.1, 0.15) is 10.4 Å². The van der Waals surface area contributed by atoms with Crippen LogP contribution in [0, 0.1) is 5.82 Å². The molecule has 0 aliphatic carbocycles. The summed E-state index contributed by atoms with van der Waals surface area (Å²) in [5, 5.41) is 18.9. The molecule has 0 aliphatic rings. The molecule has 2 N–H and O–H groups in total. The van der Waals surface area contributed by atoms with E-state index in [1.54, 1.807) is 18.2 Å². The largest absolute Gasteiger partial charge is 0.755 e. The lowest BCUT2D eigenvalue weighted by atomic mass is 10.0. The van der Waals surface area contributed by atoms with Gasteiger partial charge in [0.25, 0.3) is 0 Å². The van der Waals surface area contributed by atoms with Gasteiger partial charge in [0.2, 0.25) is 0 Å². The molecule has 3 aromatic rings. The molecule has 0 heterocycles. The summed E-state index contributed by atoms with van der Waals surface area (Å²) in [6.45, 7) is 0. The van der Waals surface area contributed by atoms with Crippen molar-refractivity contribution >= 4 is 28.6 Å². The minimum absolute atomic E-state index is 0.0406. The molecule has 3 rings (SSSR count). The van der Waals surface area contributed by atoms with Crippen molar-refractivity contribution in [2.24, 2.45) is 0 Å². The number of nitrogens with zero attached hydrogens (tertiary/aromatic N) is 1. The fourth-order valence-electron chi connectivity index (χ4n) is 2.81. The number of hydrogen-bond acceptors (Lipinski definition) is 5. The van der Waals surface area contributed by atoms with Crippen molar-refractivity contribution in [1.82, 2.24) is 0 Å². The van der Waals surface area contributed by atoms with Crippen molar-refractivity contribution in [2.75, 3.05) is 11.4 Å². The molecular weight excluding hydrogens is 401 g/mol. The maximum Gasteiger partial charge on any atom is 0.339 e. The van der Waals surface area contributed by atoms with E-state index in [2.05, 4.69) is 0 Å². The highest BCUT2D eigenvalue weighted by Crippen LogP contribution is 2.34. The summed E-state index contributed by atoms with van der Waals surface area (Å²) >= 11 is -2.77. The first-order chi connectivity index (χ1) is 13.8. The molecular formula is C20H15FNO6S-. The summed E-state index contributed by atoms with van der Waals surface area (Å²) < 4.78 is 43.5. The molecule has 0 aromatic heterocycles. The Morgan fingerprint density at radius 1 is 1.07 bits per heavy atom. The molecule has 29 heavy (non-hydrogen) atoms. The second kappa shape index (κ2) is 8.29. The summed E-state index contributed by atoms with van der Waals surface area (Å²) in [6.07, 6.45) is 0. The monoisotopic (exact) mass is 416 g/mol. The van der Waals surface area contributed by atoms with Crippen molar-refractivity contribution in [3.63, 3.8) is 0 Å². The third kappa shape index (κ3) is 4.20. The SMILES string of the molecule is COc1ccc(-c2cccc(N(c3ccc(C(=O)O)c(O)c3)S(=O)[O-])c2)cc1F. The third-order valence-electron chi connectivity index (χ3n) is 4.16. The van der Waals surface area contributed by atoms with E-state index in [1.165, 1.54) is 37.4 Å². The number of aromatic carboxylic acids is 1. The zero-order valence-electron chi connectivity index (χ0n) is 15.0. The maximum absolute atomic E-state index is 14.0. The van der Waals surface area contributed by atoms with E-state index in [0.29, 0.717) is 11.1 Å². The Morgan fingerprint density at radius 2 is 1.76 bits per heavy atom. The van der Waals surface area contributed by atoms with Gasteiger partial charge in [0, 0.05) is 6.07 Å². The molecule has 0 saturated carbocycles. The molecule has 1 unspecified atom stereocenters. The number of phenols is 1. The number of carboxylic acids is 1. The van der Waals surface area contributed by atoms with E-state index in [-0.39, 0.29) is 22.7 Å². The molecule has 0 amide bonds. The van der Waals surface area contributed by atoms with E-state index in [4.69, 9.17) is 9.84 Å². The predicted molar refractivity (Wildman–Crippen MR) is 105 cm³/mol. The van der Waals surface area contributed by atoms with Crippen LogP contribution in [0.4, 0.5) is 15.8 Å². The smallest absolute Gasteiger partial charge is 0.339 e. The van der Waals surface area contributed by atoms with Gasteiger partial charge in [0.1, 0.15) is 11.3 Å². The Bertz CT molecular complexity index is 1100. The van der Waals surface area contributed by atoms with Gasteiger partial charge in [0.05, 0.1) is 29.8 Å². The molecule has 0 saturated heterocycles. The number of aromatic hydroxyl groups is 1. The summed E-state index contributed by atoms with van der Waals surface area (Å²) in [7, 11) is 1.35. The van der Waals surface area contributed by atoms with Gasteiger partial charge < -0.3 is 19.5 Å². The molecule has 0 fully saturated rings. The number of anilines is 2. The maximum atomic E-state index is 14.0. The fourth-order valence-corrected chi connectivity index (χ4v) is 3.38. The topological polar surface area (TPSA) is 110 Å². The molecule has 150 valence electrons. The number of hydrogen-bond donors (Lipinski definition) is 2. The van der Waals surface area contributed by atoms with Gasteiger partial charge in [-0.1, -0.05) is 18.2 Å². The van der Waals surface area contributed by atoms with E-state index >= 15 is 0 Å². The zero-order valence-corrected chi connectivity index (χ0v) is 15.9. The summed E-state index contributed by atoms with van der Waals surface area (Å²) in [4.78, 5) is 11.0. The first-order valence-electron chi connectivity index (χ1n) is 8.21. The Balaban J connectivity index is 2.05. The number of ether oxygens (including phenoxy) is 1. The third-order valence-corrected chi connectivity index (χ3v) is 4.88. The molecule has 0 bridgehead atoms. The number of methoxy groups -OCH3 is 1. The molecule has 3 aromatic carbocycles. The lowest BCUT2D eigenvalue weighted by Crippen LogP contribution is -2.19. The van der Waals surface area contributed by atoms with Crippen LogP contribution in [0.5, 0.6) is 11.5 Å². The van der Waals surface area contributed by atoms with Crippen LogP contribution in [-0.4, -0.2) is 32.1 Å². The van der Waals surface area contributed by atoms with Crippen molar-refractivity contribution < 1.29 is 32.9 Å². The Labute approximate surface area is 168 Å². The normalized spacial score (nSPS) is 11.7. The predicted octanol–water partition coefficient (Wildman–Crippen LogP) is 3.84. The highest BCUT2D eigenvalue weighted by Gasteiger charge is 2.16. The minimum atomic E-state index is -2.77. The van der Waals surface area contributed by atoms with Crippen molar-refractivity contribution in [3.8, 4) is 22.6 Å².